The first-order valence-electron chi connectivity index (χ1n) is 10.1. The lowest BCUT2D eigenvalue weighted by Gasteiger charge is -2.11. The van der Waals surface area contributed by atoms with Gasteiger partial charge in [-0.1, -0.05) is 0 Å². The summed E-state index contributed by atoms with van der Waals surface area (Å²) in [6.07, 6.45) is 1.82. The van der Waals surface area contributed by atoms with E-state index in [1.165, 1.54) is 12.1 Å². The summed E-state index contributed by atoms with van der Waals surface area (Å²) >= 11 is 0. The largest absolute Gasteiger partial charge is 0.329 e. The van der Waals surface area contributed by atoms with Gasteiger partial charge < -0.3 is 14.8 Å². The number of aryl methyl sites for hydroxylation is 1. The molecule has 31 heavy (non-hydrogen) atoms. The average molecular weight is 420 g/mol. The third-order valence-corrected chi connectivity index (χ3v) is 5.26. The van der Waals surface area contributed by atoms with E-state index in [1.54, 1.807) is 23.7 Å². The van der Waals surface area contributed by atoms with Crippen LogP contribution in [-0.4, -0.2) is 50.8 Å². The number of anilines is 1. The Balaban J connectivity index is 1.57. The fourth-order valence-corrected chi connectivity index (χ4v) is 3.63. The van der Waals surface area contributed by atoms with Crippen molar-refractivity contribution < 1.29 is 9.18 Å². The molecule has 0 aliphatic rings. The van der Waals surface area contributed by atoms with Gasteiger partial charge in [0, 0.05) is 18.8 Å². The highest BCUT2D eigenvalue weighted by Gasteiger charge is 2.20. The molecule has 160 valence electrons. The first-order valence-corrected chi connectivity index (χ1v) is 10.1. The summed E-state index contributed by atoms with van der Waals surface area (Å²) in [5.41, 5.74) is 5.02. The fraction of sp³-hybridized carbons (Fsp3) is 0.261. The number of rotatable bonds is 6. The Morgan fingerprint density at radius 3 is 2.58 bits per heavy atom. The molecule has 1 amide bonds. The molecule has 0 atom stereocenters. The van der Waals surface area contributed by atoms with E-state index in [-0.39, 0.29) is 11.7 Å². The number of likely N-dealkylation sites (N-methyl/N-ethyl adjacent to an activating group) is 1. The predicted molar refractivity (Wildman–Crippen MR) is 119 cm³/mol. The number of carbonyl (C=O) groups is 1. The molecule has 0 aliphatic heterocycles. The van der Waals surface area contributed by atoms with Crippen LogP contribution < -0.4 is 5.32 Å². The standard InChI is InChI=1S/C23H25FN6O/c1-15-22(16(2)30(27-15)19-8-5-17(24)6-9-19)23(31)26-18-7-10-21-20(13-18)25-14-29(21)12-11-28(3)4/h5-10,13-14H,11-12H2,1-4H3,(H,26,31). The second-order valence-corrected chi connectivity index (χ2v) is 7.83. The molecule has 0 aliphatic carbocycles. The molecule has 8 heteroatoms. The molecule has 7 nitrogen and oxygen atoms in total. The molecule has 0 fully saturated rings. The van der Waals surface area contributed by atoms with Crippen molar-refractivity contribution in [3.8, 4) is 5.69 Å². The van der Waals surface area contributed by atoms with Gasteiger partial charge in [0.15, 0.2) is 0 Å². The Hall–Kier alpha value is -3.52. The first-order chi connectivity index (χ1) is 14.8. The van der Waals surface area contributed by atoms with E-state index in [0.717, 1.165) is 24.1 Å². The smallest absolute Gasteiger partial charge is 0.259 e. The minimum absolute atomic E-state index is 0.241. The number of imidazole rings is 1. The van der Waals surface area contributed by atoms with Crippen LogP contribution in [0.3, 0.4) is 0 Å². The van der Waals surface area contributed by atoms with Crippen LogP contribution in [0.2, 0.25) is 0 Å². The Morgan fingerprint density at radius 1 is 1.13 bits per heavy atom. The van der Waals surface area contributed by atoms with Crippen LogP contribution >= 0.6 is 0 Å². The number of fused-ring (bicyclic) bond motifs is 1. The number of nitrogens with one attached hydrogen (secondary N) is 1. The molecule has 0 spiro atoms. The number of carbonyl (C=O) groups excluding carboxylic acids is 1. The van der Waals surface area contributed by atoms with Gasteiger partial charge in [-0.05, 0) is 70.4 Å². The van der Waals surface area contributed by atoms with Crippen LogP contribution in [-0.2, 0) is 6.54 Å². The molecule has 1 N–H and O–H groups in total. The van der Waals surface area contributed by atoms with Crippen molar-refractivity contribution in [2.45, 2.75) is 20.4 Å². The van der Waals surface area contributed by atoms with Gasteiger partial charge in [-0.15, -0.1) is 0 Å². The zero-order chi connectivity index (χ0) is 22.1. The van der Waals surface area contributed by atoms with Gasteiger partial charge in [-0.25, -0.2) is 14.1 Å². The van der Waals surface area contributed by atoms with Gasteiger partial charge in [0.05, 0.1) is 40.0 Å². The minimum Gasteiger partial charge on any atom is -0.329 e. The van der Waals surface area contributed by atoms with Crippen LogP contribution in [0.5, 0.6) is 0 Å². The fourth-order valence-electron chi connectivity index (χ4n) is 3.63. The number of hydrogen-bond acceptors (Lipinski definition) is 4. The monoisotopic (exact) mass is 420 g/mol. The Kier molecular flexibility index (Phi) is 5.56. The number of benzene rings is 2. The number of halogens is 1. The van der Waals surface area contributed by atoms with Crippen molar-refractivity contribution in [2.75, 3.05) is 26.0 Å². The lowest BCUT2D eigenvalue weighted by Crippen LogP contribution is -2.18. The normalized spacial score (nSPS) is 11.4. The number of amides is 1. The Labute approximate surface area is 180 Å². The van der Waals surface area contributed by atoms with Crippen LogP contribution in [0.4, 0.5) is 10.1 Å². The summed E-state index contributed by atoms with van der Waals surface area (Å²) in [6, 6.07) is 11.7. The third-order valence-electron chi connectivity index (χ3n) is 5.26. The van der Waals surface area contributed by atoms with Gasteiger partial charge in [0.1, 0.15) is 5.82 Å². The van der Waals surface area contributed by atoms with E-state index in [4.69, 9.17) is 0 Å². The van der Waals surface area contributed by atoms with E-state index >= 15 is 0 Å². The molecule has 2 aromatic carbocycles. The number of aromatic nitrogens is 4. The third kappa shape index (κ3) is 4.20. The molecule has 0 saturated heterocycles. The molecule has 4 rings (SSSR count). The Morgan fingerprint density at radius 2 is 1.87 bits per heavy atom. The maximum Gasteiger partial charge on any atom is 0.259 e. The molecular formula is C23H25FN6O. The maximum absolute atomic E-state index is 13.2. The molecule has 0 saturated carbocycles. The second kappa shape index (κ2) is 8.31. The second-order valence-electron chi connectivity index (χ2n) is 7.83. The average Bonchev–Trinajstić information content (AvgIpc) is 3.26. The van der Waals surface area contributed by atoms with E-state index in [9.17, 15) is 9.18 Å². The summed E-state index contributed by atoms with van der Waals surface area (Å²) in [7, 11) is 4.07. The van der Waals surface area contributed by atoms with Crippen LogP contribution in [0.15, 0.2) is 48.8 Å². The van der Waals surface area contributed by atoms with Crippen molar-refractivity contribution >= 4 is 22.6 Å². The van der Waals surface area contributed by atoms with Crippen LogP contribution in [0.1, 0.15) is 21.7 Å². The lowest BCUT2D eigenvalue weighted by molar-refractivity contribution is 0.102. The van der Waals surface area contributed by atoms with Gasteiger partial charge in [-0.2, -0.15) is 5.10 Å². The Bertz CT molecular complexity index is 1240. The summed E-state index contributed by atoms with van der Waals surface area (Å²) in [5.74, 6) is -0.558. The SMILES string of the molecule is Cc1nn(-c2ccc(F)cc2)c(C)c1C(=O)Nc1ccc2c(c1)ncn2CCN(C)C. The van der Waals surface area contributed by atoms with Gasteiger partial charge in [0.2, 0.25) is 0 Å². The summed E-state index contributed by atoms with van der Waals surface area (Å²) in [4.78, 5) is 19.6. The molecule has 2 heterocycles. The topological polar surface area (TPSA) is 68.0 Å². The van der Waals surface area contributed by atoms with Crippen LogP contribution in [0.25, 0.3) is 16.7 Å². The highest BCUT2D eigenvalue weighted by molar-refractivity contribution is 6.06. The maximum atomic E-state index is 13.2. The van der Waals surface area contributed by atoms with Gasteiger partial charge in [0.25, 0.3) is 5.91 Å². The van der Waals surface area contributed by atoms with Crippen molar-refractivity contribution in [3.63, 3.8) is 0 Å². The number of hydrogen-bond donors (Lipinski definition) is 1. The first kappa shape index (κ1) is 20.7. The van der Waals surface area contributed by atoms with Gasteiger partial charge in [-0.3, -0.25) is 4.79 Å². The quantitative estimate of drug-likeness (QED) is 0.515. The molecule has 2 aromatic heterocycles. The molecule has 0 radical (unpaired) electrons. The zero-order valence-corrected chi connectivity index (χ0v) is 18.1. The summed E-state index contributed by atoms with van der Waals surface area (Å²) < 4.78 is 17.0. The van der Waals surface area contributed by atoms with Crippen molar-refractivity contribution in [3.05, 3.63) is 71.6 Å². The highest BCUT2D eigenvalue weighted by atomic mass is 19.1. The van der Waals surface area contributed by atoms with E-state index in [1.807, 2.05) is 45.5 Å². The van der Waals surface area contributed by atoms with E-state index in [2.05, 4.69) is 24.9 Å². The molecule has 0 unspecified atom stereocenters. The van der Waals surface area contributed by atoms with Gasteiger partial charge >= 0.3 is 0 Å². The van der Waals surface area contributed by atoms with Crippen molar-refractivity contribution in [2.24, 2.45) is 0 Å². The molecular weight excluding hydrogens is 395 g/mol. The van der Waals surface area contributed by atoms with Crippen LogP contribution in [0, 0.1) is 19.7 Å². The van der Waals surface area contributed by atoms with E-state index < -0.39 is 0 Å². The van der Waals surface area contributed by atoms with E-state index in [0.29, 0.717) is 28.3 Å². The number of nitrogens with zero attached hydrogens (tertiary/aromatic N) is 5. The summed E-state index contributed by atoms with van der Waals surface area (Å²) in [6.45, 7) is 5.38. The predicted octanol–water partition coefficient (Wildman–Crippen LogP) is 3.79. The van der Waals surface area contributed by atoms with Crippen molar-refractivity contribution in [1.29, 1.82) is 0 Å². The van der Waals surface area contributed by atoms with Crippen molar-refractivity contribution in [1.82, 2.24) is 24.2 Å². The zero-order valence-electron chi connectivity index (χ0n) is 18.1. The molecule has 4 aromatic rings. The highest BCUT2D eigenvalue weighted by Crippen LogP contribution is 2.22. The minimum atomic E-state index is -0.317. The lowest BCUT2D eigenvalue weighted by atomic mass is 10.1. The summed E-state index contributed by atoms with van der Waals surface area (Å²) in [5, 5.41) is 7.43. The molecule has 0 bridgehead atoms.